The van der Waals surface area contributed by atoms with Gasteiger partial charge in [-0.3, -0.25) is 0 Å². The second-order valence-corrected chi connectivity index (χ2v) is 3.91. The van der Waals surface area contributed by atoms with Crippen LogP contribution in [0.4, 0.5) is 4.79 Å². The normalized spacial score (nSPS) is 34.6. The molecular weight excluding hydrogens is 260 g/mol. The maximum Gasteiger partial charge on any atom is 0.508 e. The first-order chi connectivity index (χ1) is 9.01. The maximum absolute atomic E-state index is 11.1. The van der Waals surface area contributed by atoms with Crippen LogP contribution in [0.15, 0.2) is 12.7 Å². The van der Waals surface area contributed by atoms with Gasteiger partial charge in [0.1, 0.15) is 37.6 Å². The number of methoxy groups -OCH3 is 1. The zero-order valence-corrected chi connectivity index (χ0v) is 10.5. The maximum atomic E-state index is 11.1. The van der Waals surface area contributed by atoms with Crippen molar-refractivity contribution < 1.29 is 39.1 Å². The second kappa shape index (κ2) is 7.41. The fourth-order valence-electron chi connectivity index (χ4n) is 1.57. The molecule has 1 aliphatic rings. The average Bonchev–Trinajstić information content (AvgIpc) is 2.41. The Balaban J connectivity index is 2.48. The lowest BCUT2D eigenvalue weighted by molar-refractivity contribution is -0.294. The van der Waals surface area contributed by atoms with E-state index in [9.17, 15) is 20.1 Å². The van der Waals surface area contributed by atoms with Gasteiger partial charge >= 0.3 is 6.16 Å². The van der Waals surface area contributed by atoms with Gasteiger partial charge < -0.3 is 34.3 Å². The van der Waals surface area contributed by atoms with Crippen molar-refractivity contribution in [1.82, 2.24) is 0 Å². The van der Waals surface area contributed by atoms with Gasteiger partial charge in [0.2, 0.25) is 0 Å². The molecule has 0 bridgehead atoms. The van der Waals surface area contributed by atoms with E-state index in [1.165, 1.54) is 13.2 Å². The Morgan fingerprint density at radius 2 is 1.95 bits per heavy atom. The molecule has 0 saturated carbocycles. The summed E-state index contributed by atoms with van der Waals surface area (Å²) in [5, 5.41) is 28.8. The van der Waals surface area contributed by atoms with Gasteiger partial charge in [-0.2, -0.15) is 0 Å². The van der Waals surface area contributed by atoms with E-state index in [4.69, 9.17) is 9.47 Å². The second-order valence-electron chi connectivity index (χ2n) is 3.91. The zero-order chi connectivity index (χ0) is 14.4. The number of ether oxygens (including phenoxy) is 4. The number of hydrogen-bond acceptors (Lipinski definition) is 8. The first kappa shape index (κ1) is 15.9. The van der Waals surface area contributed by atoms with Crippen molar-refractivity contribution >= 4 is 6.16 Å². The molecule has 1 rings (SSSR count). The highest BCUT2D eigenvalue weighted by Gasteiger charge is 2.44. The Bertz CT molecular complexity index is 305. The SMILES string of the molecule is C=CCOC(=O)OC[C@H]1O[C@H](OC)[C@@H](O)[C@@H](O)[C@@H]1O. The molecule has 0 spiro atoms. The van der Waals surface area contributed by atoms with E-state index in [1.807, 2.05) is 0 Å². The number of aliphatic hydroxyl groups excluding tert-OH is 3. The van der Waals surface area contributed by atoms with Gasteiger partial charge in [0, 0.05) is 7.11 Å². The van der Waals surface area contributed by atoms with Crippen LogP contribution in [0.3, 0.4) is 0 Å². The summed E-state index contributed by atoms with van der Waals surface area (Å²) in [6.07, 6.45) is -5.98. The van der Waals surface area contributed by atoms with Crippen LogP contribution in [-0.4, -0.2) is 72.5 Å². The Hall–Kier alpha value is -1.19. The first-order valence-electron chi connectivity index (χ1n) is 5.64. The van der Waals surface area contributed by atoms with E-state index in [-0.39, 0.29) is 13.2 Å². The van der Waals surface area contributed by atoms with Crippen LogP contribution in [0.5, 0.6) is 0 Å². The van der Waals surface area contributed by atoms with E-state index in [0.29, 0.717) is 0 Å². The third kappa shape index (κ3) is 4.15. The van der Waals surface area contributed by atoms with Crippen molar-refractivity contribution in [3.63, 3.8) is 0 Å². The molecule has 19 heavy (non-hydrogen) atoms. The Morgan fingerprint density at radius 1 is 1.26 bits per heavy atom. The van der Waals surface area contributed by atoms with E-state index in [0.717, 1.165) is 0 Å². The summed E-state index contributed by atoms with van der Waals surface area (Å²) in [4.78, 5) is 11.1. The lowest BCUT2D eigenvalue weighted by atomic mass is 9.99. The standard InChI is InChI=1S/C11H18O8/c1-3-4-17-11(15)18-5-6-7(12)8(13)9(14)10(16-2)19-6/h3,6-10,12-14H,1,4-5H2,2H3/t6-,7-,8+,9+,10+/m1/s1. The minimum Gasteiger partial charge on any atom is -0.431 e. The van der Waals surface area contributed by atoms with Crippen molar-refractivity contribution in [2.24, 2.45) is 0 Å². The molecular formula is C11H18O8. The van der Waals surface area contributed by atoms with Crippen LogP contribution in [0.1, 0.15) is 0 Å². The first-order valence-corrected chi connectivity index (χ1v) is 5.64. The molecule has 1 saturated heterocycles. The largest absolute Gasteiger partial charge is 0.508 e. The summed E-state index contributed by atoms with van der Waals surface area (Å²) >= 11 is 0. The monoisotopic (exact) mass is 278 g/mol. The minimum absolute atomic E-state index is 0.00501. The molecule has 8 nitrogen and oxygen atoms in total. The summed E-state index contributed by atoms with van der Waals surface area (Å²) in [6.45, 7) is 3.01. The summed E-state index contributed by atoms with van der Waals surface area (Å²) in [5.74, 6) is 0. The third-order valence-corrected chi connectivity index (χ3v) is 2.59. The van der Waals surface area contributed by atoms with Gasteiger partial charge in [-0.15, -0.1) is 0 Å². The summed E-state index contributed by atoms with van der Waals surface area (Å²) in [6, 6.07) is 0. The van der Waals surface area contributed by atoms with Crippen LogP contribution in [0.2, 0.25) is 0 Å². The molecule has 0 aliphatic carbocycles. The van der Waals surface area contributed by atoms with Crippen molar-refractivity contribution in [3.8, 4) is 0 Å². The highest BCUT2D eigenvalue weighted by atomic mass is 16.7. The number of aliphatic hydroxyl groups is 3. The van der Waals surface area contributed by atoms with Crippen molar-refractivity contribution in [2.45, 2.75) is 30.7 Å². The van der Waals surface area contributed by atoms with Gasteiger partial charge in [-0.05, 0) is 0 Å². The van der Waals surface area contributed by atoms with Crippen LogP contribution < -0.4 is 0 Å². The summed E-state index contributed by atoms with van der Waals surface area (Å²) in [7, 11) is 1.27. The predicted octanol–water partition coefficient (Wildman–Crippen LogP) is -1.22. The van der Waals surface area contributed by atoms with Crippen LogP contribution >= 0.6 is 0 Å². The topological polar surface area (TPSA) is 115 Å². The Labute approximate surface area is 110 Å². The molecule has 0 unspecified atom stereocenters. The number of rotatable bonds is 5. The molecule has 1 heterocycles. The molecule has 0 amide bonds. The molecule has 1 aliphatic heterocycles. The molecule has 0 radical (unpaired) electrons. The lowest BCUT2D eigenvalue weighted by Gasteiger charge is -2.39. The van der Waals surface area contributed by atoms with Crippen molar-refractivity contribution in [3.05, 3.63) is 12.7 Å². The minimum atomic E-state index is -1.46. The number of carbonyl (C=O) groups excluding carboxylic acids is 1. The van der Waals surface area contributed by atoms with E-state index in [2.05, 4.69) is 16.1 Å². The van der Waals surface area contributed by atoms with Crippen LogP contribution in [-0.2, 0) is 18.9 Å². The molecule has 0 aromatic rings. The van der Waals surface area contributed by atoms with Gasteiger partial charge in [-0.25, -0.2) is 4.79 Å². The zero-order valence-electron chi connectivity index (χ0n) is 10.5. The van der Waals surface area contributed by atoms with Crippen molar-refractivity contribution in [1.29, 1.82) is 0 Å². The average molecular weight is 278 g/mol. The lowest BCUT2D eigenvalue weighted by Crippen LogP contribution is -2.59. The van der Waals surface area contributed by atoms with Gasteiger partial charge in [0.15, 0.2) is 6.29 Å². The van der Waals surface area contributed by atoms with Gasteiger partial charge in [-0.1, -0.05) is 12.7 Å². The van der Waals surface area contributed by atoms with Gasteiger partial charge in [0.25, 0.3) is 0 Å². The van der Waals surface area contributed by atoms with E-state index in [1.54, 1.807) is 0 Å². The Morgan fingerprint density at radius 3 is 2.53 bits per heavy atom. The van der Waals surface area contributed by atoms with Gasteiger partial charge in [0.05, 0.1) is 0 Å². The molecule has 0 aromatic heterocycles. The molecule has 8 heteroatoms. The summed E-state index contributed by atoms with van der Waals surface area (Å²) in [5.41, 5.74) is 0. The molecule has 5 atom stereocenters. The predicted molar refractivity (Wildman–Crippen MR) is 61.2 cm³/mol. The molecule has 110 valence electrons. The fraction of sp³-hybridized carbons (Fsp3) is 0.727. The smallest absolute Gasteiger partial charge is 0.431 e. The molecule has 0 aromatic carbocycles. The highest BCUT2D eigenvalue weighted by molar-refractivity contribution is 5.59. The van der Waals surface area contributed by atoms with Crippen molar-refractivity contribution in [2.75, 3.05) is 20.3 Å². The van der Waals surface area contributed by atoms with Crippen LogP contribution in [0.25, 0.3) is 0 Å². The summed E-state index contributed by atoms with van der Waals surface area (Å²) < 4.78 is 19.2. The quantitative estimate of drug-likeness (QED) is 0.423. The number of hydrogen-bond donors (Lipinski definition) is 3. The molecule has 3 N–H and O–H groups in total. The Kier molecular flexibility index (Phi) is 6.19. The fourth-order valence-corrected chi connectivity index (χ4v) is 1.57. The molecule has 1 fully saturated rings. The number of carbonyl (C=O) groups is 1. The highest BCUT2D eigenvalue weighted by Crippen LogP contribution is 2.21. The third-order valence-electron chi connectivity index (χ3n) is 2.59. The van der Waals surface area contributed by atoms with Crippen LogP contribution in [0, 0.1) is 0 Å². The van der Waals surface area contributed by atoms with E-state index >= 15 is 0 Å². The van der Waals surface area contributed by atoms with E-state index < -0.39 is 36.9 Å².